The summed E-state index contributed by atoms with van der Waals surface area (Å²) in [5, 5.41) is 0. The van der Waals surface area contributed by atoms with Crippen LogP contribution in [-0.2, 0) is 0 Å². The summed E-state index contributed by atoms with van der Waals surface area (Å²) in [6, 6.07) is 13.6. The summed E-state index contributed by atoms with van der Waals surface area (Å²) in [4.78, 5) is 0. The van der Waals surface area contributed by atoms with E-state index in [-0.39, 0.29) is 6.04 Å². The van der Waals surface area contributed by atoms with Gasteiger partial charge in [-0.3, -0.25) is 0 Å². The molecule has 0 aliphatic carbocycles. The highest BCUT2D eigenvalue weighted by atomic mass is 16.5. The summed E-state index contributed by atoms with van der Waals surface area (Å²) in [7, 11) is 1.66. The van der Waals surface area contributed by atoms with Gasteiger partial charge in [-0.15, -0.1) is 0 Å². The average molecular weight is 271 g/mol. The van der Waals surface area contributed by atoms with Crippen LogP contribution in [0.15, 0.2) is 42.5 Å². The van der Waals surface area contributed by atoms with Gasteiger partial charge in [0, 0.05) is 11.1 Å². The normalized spacial score (nSPS) is 12.0. The Kier molecular flexibility index (Phi) is 4.64. The van der Waals surface area contributed by atoms with E-state index >= 15 is 0 Å². The molecule has 0 aromatic heterocycles. The highest BCUT2D eigenvalue weighted by Crippen LogP contribution is 2.33. The van der Waals surface area contributed by atoms with E-state index in [1.54, 1.807) is 7.11 Å². The Morgan fingerprint density at radius 2 is 1.80 bits per heavy atom. The molecule has 1 atom stereocenters. The van der Waals surface area contributed by atoms with Crippen LogP contribution in [0.3, 0.4) is 0 Å². The molecule has 0 spiro atoms. The topological polar surface area (TPSA) is 44.5 Å². The van der Waals surface area contributed by atoms with Crippen molar-refractivity contribution in [2.45, 2.75) is 19.9 Å². The fraction of sp³-hybridized carbons (Fsp3) is 0.294. The number of benzene rings is 2. The lowest BCUT2D eigenvalue weighted by Crippen LogP contribution is -2.14. The van der Waals surface area contributed by atoms with Crippen LogP contribution < -0.4 is 15.2 Å². The molecule has 0 radical (unpaired) electrons. The van der Waals surface area contributed by atoms with Gasteiger partial charge in [0.05, 0.1) is 19.8 Å². The number of nitrogens with two attached hydrogens (primary N) is 1. The van der Waals surface area contributed by atoms with Crippen LogP contribution in [-0.4, -0.2) is 13.7 Å². The Labute approximate surface area is 120 Å². The molecule has 0 saturated carbocycles. The minimum atomic E-state index is -0.271. The molecule has 1 unspecified atom stereocenters. The van der Waals surface area contributed by atoms with Crippen molar-refractivity contribution in [1.82, 2.24) is 0 Å². The zero-order chi connectivity index (χ0) is 14.5. The first-order chi connectivity index (χ1) is 9.67. The number of rotatable bonds is 5. The van der Waals surface area contributed by atoms with E-state index in [9.17, 15) is 0 Å². The number of hydrogen-bond donors (Lipinski definition) is 1. The maximum absolute atomic E-state index is 6.43. The van der Waals surface area contributed by atoms with E-state index in [4.69, 9.17) is 15.2 Å². The fourth-order valence-corrected chi connectivity index (χ4v) is 2.29. The van der Waals surface area contributed by atoms with Crippen LogP contribution in [0.4, 0.5) is 0 Å². The SMILES string of the molecule is CCOc1ccccc1C(N)c1cc(C)ccc1OC. The molecular formula is C17H21NO2. The van der Waals surface area contributed by atoms with Crippen LogP contribution >= 0.6 is 0 Å². The maximum atomic E-state index is 6.43. The van der Waals surface area contributed by atoms with Crippen molar-refractivity contribution in [3.63, 3.8) is 0 Å². The summed E-state index contributed by atoms with van der Waals surface area (Å²) in [5.74, 6) is 1.63. The summed E-state index contributed by atoms with van der Waals surface area (Å²) < 4.78 is 11.1. The van der Waals surface area contributed by atoms with Crippen LogP contribution in [0.2, 0.25) is 0 Å². The first-order valence-corrected chi connectivity index (χ1v) is 6.79. The highest BCUT2D eigenvalue weighted by Gasteiger charge is 2.17. The third-order valence-corrected chi connectivity index (χ3v) is 3.27. The van der Waals surface area contributed by atoms with Gasteiger partial charge < -0.3 is 15.2 Å². The van der Waals surface area contributed by atoms with Gasteiger partial charge in [-0.1, -0.05) is 35.9 Å². The van der Waals surface area contributed by atoms with Gasteiger partial charge in [0.15, 0.2) is 0 Å². The van der Waals surface area contributed by atoms with Crippen LogP contribution in [0.5, 0.6) is 11.5 Å². The van der Waals surface area contributed by atoms with Crippen LogP contribution in [0, 0.1) is 6.92 Å². The summed E-state index contributed by atoms with van der Waals surface area (Å²) in [5.41, 5.74) is 9.53. The summed E-state index contributed by atoms with van der Waals surface area (Å²) in [6.07, 6.45) is 0. The molecule has 0 saturated heterocycles. The Morgan fingerprint density at radius 3 is 2.50 bits per heavy atom. The lowest BCUT2D eigenvalue weighted by molar-refractivity contribution is 0.335. The molecule has 106 valence electrons. The molecule has 0 bridgehead atoms. The quantitative estimate of drug-likeness (QED) is 0.906. The molecule has 20 heavy (non-hydrogen) atoms. The molecule has 3 nitrogen and oxygen atoms in total. The van der Waals surface area contributed by atoms with Gasteiger partial charge in [-0.05, 0) is 26.0 Å². The smallest absolute Gasteiger partial charge is 0.124 e. The third-order valence-electron chi connectivity index (χ3n) is 3.27. The molecule has 2 aromatic rings. The predicted octanol–water partition coefficient (Wildman–Crippen LogP) is 3.45. The van der Waals surface area contributed by atoms with E-state index in [0.29, 0.717) is 6.61 Å². The van der Waals surface area contributed by atoms with Gasteiger partial charge in [0.1, 0.15) is 11.5 Å². The second-order valence-electron chi connectivity index (χ2n) is 4.69. The van der Waals surface area contributed by atoms with Crippen molar-refractivity contribution in [1.29, 1.82) is 0 Å². The van der Waals surface area contributed by atoms with E-state index < -0.39 is 0 Å². The zero-order valence-corrected chi connectivity index (χ0v) is 12.2. The molecular weight excluding hydrogens is 250 g/mol. The first kappa shape index (κ1) is 14.4. The van der Waals surface area contributed by atoms with Gasteiger partial charge in [0.25, 0.3) is 0 Å². The highest BCUT2D eigenvalue weighted by molar-refractivity contribution is 5.47. The van der Waals surface area contributed by atoms with E-state index in [1.807, 2.05) is 50.2 Å². The molecule has 3 heteroatoms. The van der Waals surface area contributed by atoms with E-state index in [2.05, 4.69) is 6.07 Å². The van der Waals surface area contributed by atoms with Gasteiger partial charge >= 0.3 is 0 Å². The number of aryl methyl sites for hydroxylation is 1. The van der Waals surface area contributed by atoms with Crippen LogP contribution in [0.1, 0.15) is 29.7 Å². The largest absolute Gasteiger partial charge is 0.496 e. The lowest BCUT2D eigenvalue weighted by Gasteiger charge is -2.19. The number of ether oxygens (including phenoxy) is 2. The fourth-order valence-electron chi connectivity index (χ4n) is 2.29. The van der Waals surface area contributed by atoms with Gasteiger partial charge in [-0.2, -0.15) is 0 Å². The molecule has 0 fully saturated rings. The number of para-hydroxylation sites is 1. The molecule has 0 aliphatic heterocycles. The van der Waals surface area contributed by atoms with Crippen LogP contribution in [0.25, 0.3) is 0 Å². The minimum Gasteiger partial charge on any atom is -0.496 e. The van der Waals surface area contributed by atoms with Crippen molar-refractivity contribution in [3.05, 3.63) is 59.2 Å². The Hall–Kier alpha value is -2.00. The predicted molar refractivity (Wildman–Crippen MR) is 81.4 cm³/mol. The summed E-state index contributed by atoms with van der Waals surface area (Å²) in [6.45, 7) is 4.63. The van der Waals surface area contributed by atoms with Crippen molar-refractivity contribution in [2.24, 2.45) is 5.73 Å². The third kappa shape index (κ3) is 2.94. The Morgan fingerprint density at radius 1 is 1.05 bits per heavy atom. The second-order valence-corrected chi connectivity index (χ2v) is 4.69. The van der Waals surface area contributed by atoms with Gasteiger partial charge in [-0.25, -0.2) is 0 Å². The first-order valence-electron chi connectivity index (χ1n) is 6.79. The van der Waals surface area contributed by atoms with Crippen molar-refractivity contribution < 1.29 is 9.47 Å². The molecule has 0 heterocycles. The zero-order valence-electron chi connectivity index (χ0n) is 12.2. The molecule has 2 aromatic carbocycles. The van der Waals surface area contributed by atoms with Crippen molar-refractivity contribution >= 4 is 0 Å². The number of methoxy groups -OCH3 is 1. The monoisotopic (exact) mass is 271 g/mol. The van der Waals surface area contributed by atoms with Gasteiger partial charge in [0.2, 0.25) is 0 Å². The Bertz CT molecular complexity index is 581. The average Bonchev–Trinajstić information content (AvgIpc) is 2.47. The number of hydrogen-bond acceptors (Lipinski definition) is 3. The lowest BCUT2D eigenvalue weighted by atomic mass is 9.96. The van der Waals surface area contributed by atoms with Crippen molar-refractivity contribution in [3.8, 4) is 11.5 Å². The van der Waals surface area contributed by atoms with E-state index in [1.165, 1.54) is 0 Å². The minimum absolute atomic E-state index is 0.271. The molecule has 0 amide bonds. The maximum Gasteiger partial charge on any atom is 0.124 e. The van der Waals surface area contributed by atoms with Crippen molar-refractivity contribution in [2.75, 3.05) is 13.7 Å². The van der Waals surface area contributed by atoms with E-state index in [0.717, 1.165) is 28.2 Å². The molecule has 2 rings (SSSR count). The molecule has 0 aliphatic rings. The molecule has 2 N–H and O–H groups in total. The second kappa shape index (κ2) is 6.44. The summed E-state index contributed by atoms with van der Waals surface area (Å²) >= 11 is 0. The Balaban J connectivity index is 2.45. The standard InChI is InChI=1S/C17H21NO2/c1-4-20-16-8-6-5-7-13(16)17(18)14-11-12(2)9-10-15(14)19-3/h5-11,17H,4,18H2,1-3H3.